The topological polar surface area (TPSA) is 112 Å². The van der Waals surface area contributed by atoms with Gasteiger partial charge in [-0.1, -0.05) is 12.1 Å². The number of nitrogens with two attached hydrogens (primary N) is 2. The number of nitrogen functional groups attached to an aromatic ring is 2. The molecule has 0 atom stereocenters. The Morgan fingerprint density at radius 3 is 2.19 bits per heavy atom. The van der Waals surface area contributed by atoms with Crippen molar-refractivity contribution in [2.24, 2.45) is 0 Å². The SMILES string of the molecule is Nc1ccc(S(=O)(=O)c2cccc(-c3cnc(N)nc3)c2)c(C(F)(F)F)c1. The smallest absolute Gasteiger partial charge is 0.399 e. The third kappa shape index (κ3) is 3.70. The van der Waals surface area contributed by atoms with Gasteiger partial charge in [0.25, 0.3) is 0 Å². The molecule has 0 aliphatic carbocycles. The van der Waals surface area contributed by atoms with Gasteiger partial charge in [-0.25, -0.2) is 18.4 Å². The molecule has 6 nitrogen and oxygen atoms in total. The zero-order chi connectivity index (χ0) is 19.8. The summed E-state index contributed by atoms with van der Waals surface area (Å²) in [6.07, 6.45) is -2.10. The van der Waals surface area contributed by atoms with Crippen molar-refractivity contribution in [1.29, 1.82) is 0 Å². The monoisotopic (exact) mass is 394 g/mol. The molecule has 0 bridgehead atoms. The van der Waals surface area contributed by atoms with E-state index in [9.17, 15) is 21.6 Å². The number of nitrogens with zero attached hydrogens (tertiary/aromatic N) is 2. The van der Waals surface area contributed by atoms with E-state index in [4.69, 9.17) is 11.5 Å². The molecule has 4 N–H and O–H groups in total. The lowest BCUT2D eigenvalue weighted by molar-refractivity contribution is -0.139. The maximum absolute atomic E-state index is 13.3. The van der Waals surface area contributed by atoms with Crippen LogP contribution in [0.5, 0.6) is 0 Å². The molecule has 1 aromatic heterocycles. The van der Waals surface area contributed by atoms with Gasteiger partial charge >= 0.3 is 6.18 Å². The standard InChI is InChI=1S/C17H13F3N4O2S/c18-17(19,20)14-7-12(21)4-5-15(14)27(25,26)13-3-1-2-10(6-13)11-8-23-16(22)24-9-11/h1-9H,21H2,(H2,22,23,24). The first-order chi connectivity index (χ1) is 12.6. The van der Waals surface area contributed by atoms with E-state index < -0.39 is 26.5 Å². The lowest BCUT2D eigenvalue weighted by Gasteiger charge is -2.14. The molecule has 0 aliphatic rings. The first kappa shape index (κ1) is 18.6. The van der Waals surface area contributed by atoms with E-state index in [1.165, 1.54) is 30.6 Å². The zero-order valence-corrected chi connectivity index (χ0v) is 14.4. The third-order valence-corrected chi connectivity index (χ3v) is 5.56. The molecule has 10 heteroatoms. The molecule has 2 aromatic carbocycles. The summed E-state index contributed by atoms with van der Waals surface area (Å²) in [5, 5.41) is 0. The van der Waals surface area contributed by atoms with Gasteiger partial charge in [0.15, 0.2) is 0 Å². The summed E-state index contributed by atoms with van der Waals surface area (Å²) in [7, 11) is -4.45. The highest BCUT2D eigenvalue weighted by molar-refractivity contribution is 7.91. The van der Waals surface area contributed by atoms with Gasteiger partial charge < -0.3 is 11.5 Å². The highest BCUT2D eigenvalue weighted by Crippen LogP contribution is 2.38. The Morgan fingerprint density at radius 1 is 0.889 bits per heavy atom. The number of alkyl halides is 3. The average molecular weight is 394 g/mol. The van der Waals surface area contributed by atoms with E-state index in [2.05, 4.69) is 9.97 Å². The molecule has 27 heavy (non-hydrogen) atoms. The average Bonchev–Trinajstić information content (AvgIpc) is 2.61. The number of halogens is 3. The second-order valence-electron chi connectivity index (χ2n) is 5.61. The van der Waals surface area contributed by atoms with Crippen LogP contribution in [-0.2, 0) is 16.0 Å². The predicted octanol–water partition coefficient (Wildman–Crippen LogP) is 3.16. The molecule has 0 radical (unpaired) electrons. The van der Waals surface area contributed by atoms with Gasteiger partial charge in [-0.3, -0.25) is 0 Å². The Hall–Kier alpha value is -3.14. The summed E-state index contributed by atoms with van der Waals surface area (Å²) in [5.74, 6) is 0.0409. The van der Waals surface area contributed by atoms with Gasteiger partial charge in [-0.2, -0.15) is 13.2 Å². The molecular formula is C17H13F3N4O2S. The number of hydrogen-bond donors (Lipinski definition) is 2. The van der Waals surface area contributed by atoms with Crippen LogP contribution >= 0.6 is 0 Å². The van der Waals surface area contributed by atoms with Gasteiger partial charge in [0, 0.05) is 23.6 Å². The number of anilines is 2. The summed E-state index contributed by atoms with van der Waals surface area (Å²) in [6.45, 7) is 0. The first-order valence-corrected chi connectivity index (χ1v) is 8.97. The van der Waals surface area contributed by atoms with Crippen LogP contribution in [0.25, 0.3) is 11.1 Å². The van der Waals surface area contributed by atoms with Gasteiger partial charge in [-0.05, 0) is 35.9 Å². The summed E-state index contributed by atoms with van der Waals surface area (Å²) >= 11 is 0. The molecule has 0 fully saturated rings. The normalized spacial score (nSPS) is 12.1. The van der Waals surface area contributed by atoms with Crippen LogP contribution in [0.1, 0.15) is 5.56 Å². The van der Waals surface area contributed by atoms with Crippen LogP contribution < -0.4 is 11.5 Å². The van der Waals surface area contributed by atoms with Crippen molar-refractivity contribution in [3.05, 3.63) is 60.4 Å². The van der Waals surface area contributed by atoms with E-state index in [1.54, 1.807) is 6.07 Å². The van der Waals surface area contributed by atoms with Crippen molar-refractivity contribution in [3.8, 4) is 11.1 Å². The highest BCUT2D eigenvalue weighted by Gasteiger charge is 2.37. The number of aromatic nitrogens is 2. The van der Waals surface area contributed by atoms with Crippen molar-refractivity contribution in [1.82, 2.24) is 9.97 Å². The van der Waals surface area contributed by atoms with E-state index in [1.807, 2.05) is 0 Å². The Morgan fingerprint density at radius 2 is 1.56 bits per heavy atom. The zero-order valence-electron chi connectivity index (χ0n) is 13.6. The molecule has 0 unspecified atom stereocenters. The number of hydrogen-bond acceptors (Lipinski definition) is 6. The van der Waals surface area contributed by atoms with Gasteiger partial charge in [0.05, 0.1) is 15.4 Å². The summed E-state index contributed by atoms with van der Waals surface area (Å²) in [4.78, 5) is 6.47. The van der Waals surface area contributed by atoms with Crippen molar-refractivity contribution < 1.29 is 21.6 Å². The van der Waals surface area contributed by atoms with Crippen molar-refractivity contribution >= 4 is 21.5 Å². The van der Waals surface area contributed by atoms with Crippen molar-refractivity contribution in [2.75, 3.05) is 11.5 Å². The van der Waals surface area contributed by atoms with Gasteiger partial charge in [0.2, 0.25) is 15.8 Å². The summed E-state index contributed by atoms with van der Waals surface area (Å²) < 4.78 is 65.6. The minimum atomic E-state index is -4.87. The molecule has 1 heterocycles. The highest BCUT2D eigenvalue weighted by atomic mass is 32.2. The Kier molecular flexibility index (Phi) is 4.52. The minimum absolute atomic E-state index is 0.0409. The summed E-state index contributed by atoms with van der Waals surface area (Å²) in [5.41, 5.74) is 10.2. The number of rotatable bonds is 3. The van der Waals surface area contributed by atoms with Gasteiger partial charge in [-0.15, -0.1) is 0 Å². The Bertz CT molecular complexity index is 1100. The van der Waals surface area contributed by atoms with Crippen molar-refractivity contribution in [2.45, 2.75) is 16.0 Å². The lowest BCUT2D eigenvalue weighted by Crippen LogP contribution is -2.14. The second kappa shape index (κ2) is 6.54. The van der Waals surface area contributed by atoms with E-state index >= 15 is 0 Å². The Labute approximate surface area is 152 Å². The fraction of sp³-hybridized carbons (Fsp3) is 0.0588. The molecule has 0 saturated carbocycles. The lowest BCUT2D eigenvalue weighted by atomic mass is 10.1. The fourth-order valence-electron chi connectivity index (χ4n) is 2.46. The molecule has 0 aliphatic heterocycles. The van der Waals surface area contributed by atoms with Crippen LogP contribution in [0.2, 0.25) is 0 Å². The largest absolute Gasteiger partial charge is 0.417 e. The predicted molar refractivity (Wildman–Crippen MR) is 93.2 cm³/mol. The van der Waals surface area contributed by atoms with Crippen LogP contribution in [0.15, 0.2) is 64.6 Å². The van der Waals surface area contributed by atoms with E-state index in [0.29, 0.717) is 17.2 Å². The van der Waals surface area contributed by atoms with Crippen LogP contribution in [0.3, 0.4) is 0 Å². The molecule has 140 valence electrons. The van der Waals surface area contributed by atoms with Crippen LogP contribution in [0.4, 0.5) is 24.8 Å². The molecule has 0 saturated heterocycles. The Balaban J connectivity index is 2.14. The quantitative estimate of drug-likeness (QED) is 0.660. The first-order valence-electron chi connectivity index (χ1n) is 7.49. The number of benzene rings is 2. The maximum atomic E-state index is 13.3. The van der Waals surface area contributed by atoms with Gasteiger partial charge in [0.1, 0.15) is 0 Å². The van der Waals surface area contributed by atoms with Crippen LogP contribution in [0, 0.1) is 0 Å². The van der Waals surface area contributed by atoms with Crippen molar-refractivity contribution in [3.63, 3.8) is 0 Å². The molecule has 0 amide bonds. The van der Waals surface area contributed by atoms with E-state index in [0.717, 1.165) is 12.1 Å². The summed E-state index contributed by atoms with van der Waals surface area (Å²) in [6, 6.07) is 8.04. The molecule has 3 rings (SSSR count). The minimum Gasteiger partial charge on any atom is -0.399 e. The molecule has 0 spiro atoms. The molecular weight excluding hydrogens is 381 g/mol. The maximum Gasteiger partial charge on any atom is 0.417 e. The van der Waals surface area contributed by atoms with E-state index in [-0.39, 0.29) is 16.5 Å². The fourth-order valence-corrected chi connectivity index (χ4v) is 3.97. The third-order valence-electron chi connectivity index (χ3n) is 3.75. The molecule has 3 aromatic rings. The second-order valence-corrected chi connectivity index (χ2v) is 7.53. The van der Waals surface area contributed by atoms with Crippen LogP contribution in [-0.4, -0.2) is 18.4 Å². The number of sulfone groups is 1.